The summed E-state index contributed by atoms with van der Waals surface area (Å²) in [5, 5.41) is 4.33. The van der Waals surface area contributed by atoms with E-state index in [4.69, 9.17) is 5.73 Å². The quantitative estimate of drug-likeness (QED) is 0.805. The van der Waals surface area contributed by atoms with Crippen molar-refractivity contribution in [1.82, 2.24) is 0 Å². The number of anilines is 2. The molecule has 0 aliphatic heterocycles. The molecule has 3 N–H and O–H groups in total. The van der Waals surface area contributed by atoms with Gasteiger partial charge in [0.2, 0.25) is 0 Å². The van der Waals surface area contributed by atoms with Gasteiger partial charge < -0.3 is 11.1 Å². The van der Waals surface area contributed by atoms with Crippen LogP contribution in [0.25, 0.3) is 0 Å². The maximum absolute atomic E-state index is 13.4. The molecule has 1 aromatic carbocycles. The largest absolute Gasteiger partial charge is 0.399 e. The standard InChI is InChI=1S/C12H11FN2OS/c1-7-4-5-17-11(7)12(16)15-10-6-8(14)2-3-9(10)13/h2-6H,14H2,1H3,(H,15,16). The summed E-state index contributed by atoms with van der Waals surface area (Å²) in [5.74, 6) is -0.816. The average molecular weight is 250 g/mol. The molecule has 5 heteroatoms. The molecule has 88 valence electrons. The third-order valence-corrected chi connectivity index (χ3v) is 3.32. The number of carbonyl (C=O) groups excluding carboxylic acids is 1. The van der Waals surface area contributed by atoms with E-state index in [1.165, 1.54) is 29.5 Å². The maximum Gasteiger partial charge on any atom is 0.266 e. The lowest BCUT2D eigenvalue weighted by Gasteiger charge is -2.06. The smallest absolute Gasteiger partial charge is 0.266 e. The van der Waals surface area contributed by atoms with Gasteiger partial charge >= 0.3 is 0 Å². The number of hydrogen-bond acceptors (Lipinski definition) is 3. The van der Waals surface area contributed by atoms with Gasteiger partial charge in [0.1, 0.15) is 5.82 Å². The second kappa shape index (κ2) is 4.55. The Bertz CT molecular complexity index is 565. The number of nitrogens with one attached hydrogen (secondary N) is 1. The molecule has 0 fully saturated rings. The highest BCUT2D eigenvalue weighted by Gasteiger charge is 2.12. The van der Waals surface area contributed by atoms with Gasteiger partial charge in [-0.3, -0.25) is 4.79 Å². The molecule has 0 unspecified atom stereocenters. The first-order valence-electron chi connectivity index (χ1n) is 4.98. The summed E-state index contributed by atoms with van der Waals surface area (Å²) in [6.07, 6.45) is 0. The van der Waals surface area contributed by atoms with Crippen molar-refractivity contribution in [2.45, 2.75) is 6.92 Å². The van der Waals surface area contributed by atoms with E-state index in [-0.39, 0.29) is 11.6 Å². The number of amides is 1. The van der Waals surface area contributed by atoms with Gasteiger partial charge in [0.15, 0.2) is 0 Å². The van der Waals surface area contributed by atoms with Crippen LogP contribution < -0.4 is 11.1 Å². The van der Waals surface area contributed by atoms with Crippen LogP contribution in [0.2, 0.25) is 0 Å². The lowest BCUT2D eigenvalue weighted by atomic mass is 10.2. The summed E-state index contributed by atoms with van der Waals surface area (Å²) in [4.78, 5) is 12.4. The van der Waals surface area contributed by atoms with Gasteiger partial charge in [-0.2, -0.15) is 0 Å². The molecule has 1 heterocycles. The van der Waals surface area contributed by atoms with Crippen LogP contribution in [-0.4, -0.2) is 5.91 Å². The summed E-state index contributed by atoms with van der Waals surface area (Å²) < 4.78 is 13.4. The lowest BCUT2D eigenvalue weighted by molar-refractivity contribution is 0.102. The Morgan fingerprint density at radius 2 is 2.18 bits per heavy atom. The maximum atomic E-state index is 13.4. The van der Waals surface area contributed by atoms with E-state index in [9.17, 15) is 9.18 Å². The summed E-state index contributed by atoms with van der Waals surface area (Å²) >= 11 is 1.32. The molecule has 0 radical (unpaired) electrons. The summed E-state index contributed by atoms with van der Waals surface area (Å²) in [7, 11) is 0. The molecule has 0 bridgehead atoms. The van der Waals surface area contributed by atoms with Gasteiger partial charge in [0, 0.05) is 5.69 Å². The van der Waals surface area contributed by atoms with Gasteiger partial charge in [-0.1, -0.05) is 0 Å². The number of carbonyl (C=O) groups is 1. The first-order valence-corrected chi connectivity index (χ1v) is 5.86. The fourth-order valence-corrected chi connectivity index (χ4v) is 2.24. The van der Waals surface area contributed by atoms with Crippen molar-refractivity contribution in [3.63, 3.8) is 0 Å². The highest BCUT2D eigenvalue weighted by Crippen LogP contribution is 2.21. The Hall–Kier alpha value is -1.88. The molecular weight excluding hydrogens is 239 g/mol. The molecule has 0 spiro atoms. The van der Waals surface area contributed by atoms with Crippen LogP contribution in [0.15, 0.2) is 29.6 Å². The average Bonchev–Trinajstić information content (AvgIpc) is 2.70. The van der Waals surface area contributed by atoms with E-state index < -0.39 is 5.82 Å². The van der Waals surface area contributed by atoms with Gasteiger partial charge in [0.25, 0.3) is 5.91 Å². The van der Waals surface area contributed by atoms with Crippen LogP contribution in [0, 0.1) is 12.7 Å². The predicted molar refractivity (Wildman–Crippen MR) is 67.8 cm³/mol. The van der Waals surface area contributed by atoms with Crippen molar-refractivity contribution >= 4 is 28.6 Å². The number of rotatable bonds is 2. The minimum Gasteiger partial charge on any atom is -0.399 e. The zero-order chi connectivity index (χ0) is 12.4. The van der Waals surface area contributed by atoms with E-state index in [1.54, 1.807) is 0 Å². The summed E-state index contributed by atoms with van der Waals surface area (Å²) in [6.45, 7) is 1.83. The van der Waals surface area contributed by atoms with Crippen molar-refractivity contribution in [1.29, 1.82) is 0 Å². The molecule has 0 aliphatic carbocycles. The fourth-order valence-electron chi connectivity index (χ4n) is 1.42. The third kappa shape index (κ3) is 2.45. The number of nitrogen functional groups attached to an aromatic ring is 1. The number of thiophene rings is 1. The van der Waals surface area contributed by atoms with Crippen LogP contribution in [0.5, 0.6) is 0 Å². The van der Waals surface area contributed by atoms with Crippen molar-refractivity contribution < 1.29 is 9.18 Å². The van der Waals surface area contributed by atoms with Gasteiger partial charge in [-0.05, 0) is 42.1 Å². The summed E-state index contributed by atoms with van der Waals surface area (Å²) in [5.41, 5.74) is 6.92. The second-order valence-corrected chi connectivity index (χ2v) is 4.54. The number of nitrogens with two attached hydrogens (primary N) is 1. The normalized spacial score (nSPS) is 10.2. The predicted octanol–water partition coefficient (Wildman–Crippen LogP) is 3.03. The molecular formula is C12H11FN2OS. The van der Waals surface area contributed by atoms with Crippen molar-refractivity contribution in [3.05, 3.63) is 45.9 Å². The lowest BCUT2D eigenvalue weighted by Crippen LogP contribution is -2.12. The van der Waals surface area contributed by atoms with E-state index in [0.29, 0.717) is 10.6 Å². The van der Waals surface area contributed by atoms with E-state index in [2.05, 4.69) is 5.32 Å². The van der Waals surface area contributed by atoms with Gasteiger partial charge in [-0.25, -0.2) is 4.39 Å². The number of hydrogen-bond donors (Lipinski definition) is 2. The zero-order valence-corrected chi connectivity index (χ0v) is 9.98. The second-order valence-electron chi connectivity index (χ2n) is 3.63. The van der Waals surface area contributed by atoms with Crippen LogP contribution >= 0.6 is 11.3 Å². The molecule has 1 amide bonds. The molecule has 17 heavy (non-hydrogen) atoms. The molecule has 2 aromatic rings. The molecule has 1 aromatic heterocycles. The summed E-state index contributed by atoms with van der Waals surface area (Å²) in [6, 6.07) is 5.92. The van der Waals surface area contributed by atoms with E-state index in [1.807, 2.05) is 18.4 Å². The Morgan fingerprint density at radius 3 is 2.82 bits per heavy atom. The Balaban J connectivity index is 2.24. The SMILES string of the molecule is Cc1ccsc1C(=O)Nc1cc(N)ccc1F. The minimum absolute atomic E-state index is 0.0998. The zero-order valence-electron chi connectivity index (χ0n) is 9.16. The van der Waals surface area contributed by atoms with Crippen LogP contribution in [0.4, 0.5) is 15.8 Å². The Kier molecular flexibility index (Phi) is 3.10. The third-order valence-electron chi connectivity index (χ3n) is 2.31. The number of halogens is 1. The molecule has 3 nitrogen and oxygen atoms in total. The van der Waals surface area contributed by atoms with Crippen molar-refractivity contribution in [3.8, 4) is 0 Å². The molecule has 2 rings (SSSR count). The van der Waals surface area contributed by atoms with Crippen LogP contribution in [0.3, 0.4) is 0 Å². The number of benzene rings is 1. The molecule has 0 saturated heterocycles. The number of aryl methyl sites for hydroxylation is 1. The molecule has 0 atom stereocenters. The fraction of sp³-hybridized carbons (Fsp3) is 0.0833. The van der Waals surface area contributed by atoms with Gasteiger partial charge in [-0.15, -0.1) is 11.3 Å². The Morgan fingerprint density at radius 1 is 1.41 bits per heavy atom. The first kappa shape index (κ1) is 11.6. The molecule has 0 aliphatic rings. The highest BCUT2D eigenvalue weighted by molar-refractivity contribution is 7.12. The van der Waals surface area contributed by atoms with Crippen molar-refractivity contribution in [2.75, 3.05) is 11.1 Å². The van der Waals surface area contributed by atoms with Crippen molar-refractivity contribution in [2.24, 2.45) is 0 Å². The van der Waals surface area contributed by atoms with Crippen LogP contribution in [0.1, 0.15) is 15.2 Å². The van der Waals surface area contributed by atoms with Crippen LogP contribution in [-0.2, 0) is 0 Å². The first-order chi connectivity index (χ1) is 8.08. The van der Waals surface area contributed by atoms with Gasteiger partial charge in [0.05, 0.1) is 10.6 Å². The Labute approximate surface area is 102 Å². The highest BCUT2D eigenvalue weighted by atomic mass is 32.1. The van der Waals surface area contributed by atoms with E-state index >= 15 is 0 Å². The molecule has 0 saturated carbocycles. The minimum atomic E-state index is -0.498. The monoisotopic (exact) mass is 250 g/mol. The van der Waals surface area contributed by atoms with E-state index in [0.717, 1.165) is 5.56 Å². The topological polar surface area (TPSA) is 55.1 Å².